The van der Waals surface area contributed by atoms with E-state index in [0.29, 0.717) is 6.04 Å². The summed E-state index contributed by atoms with van der Waals surface area (Å²) < 4.78 is 0. The van der Waals surface area contributed by atoms with E-state index in [0.717, 1.165) is 19.4 Å². The molecule has 0 bridgehead atoms. The van der Waals surface area contributed by atoms with Crippen LogP contribution in [0.1, 0.15) is 33.6 Å². The van der Waals surface area contributed by atoms with E-state index in [1.807, 2.05) is 6.92 Å². The van der Waals surface area contributed by atoms with Crippen LogP contribution in [-0.4, -0.2) is 48.0 Å². The van der Waals surface area contributed by atoms with Gasteiger partial charge in [-0.15, -0.1) is 0 Å². The van der Waals surface area contributed by atoms with Crippen LogP contribution in [0.5, 0.6) is 0 Å². The van der Waals surface area contributed by atoms with Gasteiger partial charge in [-0.1, -0.05) is 20.8 Å². The highest BCUT2D eigenvalue weighted by Gasteiger charge is 2.26. The largest absolute Gasteiger partial charge is 0.396 e. The van der Waals surface area contributed by atoms with Crippen LogP contribution >= 0.6 is 0 Å². The quantitative estimate of drug-likeness (QED) is 0.651. The molecule has 0 aromatic carbocycles. The first-order chi connectivity index (χ1) is 6.52. The lowest BCUT2D eigenvalue weighted by Gasteiger charge is -2.34. The molecule has 0 radical (unpaired) electrons. The van der Waals surface area contributed by atoms with E-state index in [2.05, 4.69) is 25.8 Å². The Bertz CT molecular complexity index is 142. The molecule has 0 spiro atoms. The van der Waals surface area contributed by atoms with E-state index in [9.17, 15) is 10.2 Å². The van der Waals surface area contributed by atoms with E-state index in [4.69, 9.17) is 0 Å². The SMILES string of the molecule is CCC(CC)N(C)CC(C)(CO)CO. The average Bonchev–Trinajstić information content (AvgIpc) is 2.19. The molecular formula is C11H25NO2. The molecule has 86 valence electrons. The second-order valence-electron chi connectivity index (χ2n) is 4.51. The van der Waals surface area contributed by atoms with Crippen molar-refractivity contribution >= 4 is 0 Å². The molecule has 0 heterocycles. The highest BCUT2D eigenvalue weighted by atomic mass is 16.3. The van der Waals surface area contributed by atoms with Gasteiger partial charge in [0.2, 0.25) is 0 Å². The van der Waals surface area contributed by atoms with E-state index < -0.39 is 0 Å². The van der Waals surface area contributed by atoms with Crippen LogP contribution < -0.4 is 0 Å². The summed E-state index contributed by atoms with van der Waals surface area (Å²) in [7, 11) is 2.06. The second kappa shape index (κ2) is 6.38. The van der Waals surface area contributed by atoms with Crippen molar-refractivity contribution in [1.29, 1.82) is 0 Å². The number of aliphatic hydroxyl groups excluding tert-OH is 2. The molecule has 0 unspecified atom stereocenters. The molecule has 2 N–H and O–H groups in total. The lowest BCUT2D eigenvalue weighted by molar-refractivity contribution is 0.0297. The summed E-state index contributed by atoms with van der Waals surface area (Å²) in [5.74, 6) is 0. The maximum atomic E-state index is 9.17. The van der Waals surface area contributed by atoms with Crippen LogP contribution in [0.4, 0.5) is 0 Å². The predicted molar refractivity (Wildman–Crippen MR) is 59.3 cm³/mol. The van der Waals surface area contributed by atoms with Crippen LogP contribution in [0.2, 0.25) is 0 Å². The summed E-state index contributed by atoms with van der Waals surface area (Å²) in [5.41, 5.74) is -0.378. The number of hydrogen-bond donors (Lipinski definition) is 2. The summed E-state index contributed by atoms with van der Waals surface area (Å²) in [5, 5.41) is 18.3. The zero-order valence-corrected chi connectivity index (χ0v) is 9.95. The van der Waals surface area contributed by atoms with Gasteiger partial charge in [-0.3, -0.25) is 0 Å². The maximum absolute atomic E-state index is 9.17. The molecule has 3 nitrogen and oxygen atoms in total. The monoisotopic (exact) mass is 203 g/mol. The summed E-state index contributed by atoms with van der Waals surface area (Å²) >= 11 is 0. The van der Waals surface area contributed by atoms with Crippen LogP contribution in [0.3, 0.4) is 0 Å². The van der Waals surface area contributed by atoms with Gasteiger partial charge >= 0.3 is 0 Å². The molecule has 0 aliphatic carbocycles. The van der Waals surface area contributed by atoms with E-state index >= 15 is 0 Å². The first-order valence-corrected chi connectivity index (χ1v) is 5.45. The molecule has 0 fully saturated rings. The minimum atomic E-state index is -0.378. The molecule has 0 atom stereocenters. The first-order valence-electron chi connectivity index (χ1n) is 5.45. The van der Waals surface area contributed by atoms with Crippen molar-refractivity contribution in [2.24, 2.45) is 5.41 Å². The average molecular weight is 203 g/mol. The molecule has 0 aliphatic rings. The molecule has 0 aromatic heterocycles. The Labute approximate surface area is 87.7 Å². The van der Waals surface area contributed by atoms with Gasteiger partial charge in [-0.2, -0.15) is 0 Å². The van der Waals surface area contributed by atoms with Crippen LogP contribution in [0.25, 0.3) is 0 Å². The Balaban J connectivity index is 4.20. The molecule has 14 heavy (non-hydrogen) atoms. The van der Waals surface area contributed by atoms with E-state index in [-0.39, 0.29) is 18.6 Å². The highest BCUT2D eigenvalue weighted by molar-refractivity contribution is 4.78. The van der Waals surface area contributed by atoms with Crippen LogP contribution in [0.15, 0.2) is 0 Å². The number of nitrogens with zero attached hydrogens (tertiary/aromatic N) is 1. The molecule has 0 aromatic rings. The molecule has 3 heteroatoms. The number of hydrogen-bond acceptors (Lipinski definition) is 3. The normalized spacial score (nSPS) is 12.9. The summed E-state index contributed by atoms with van der Waals surface area (Å²) in [6.07, 6.45) is 2.22. The topological polar surface area (TPSA) is 43.7 Å². The standard InChI is InChI=1S/C11H25NO2/c1-5-10(6-2)12(4)7-11(3,8-13)9-14/h10,13-14H,5-9H2,1-4H3. The summed E-state index contributed by atoms with van der Waals surface area (Å²) in [4.78, 5) is 2.23. The smallest absolute Gasteiger partial charge is 0.0519 e. The Morgan fingerprint density at radius 3 is 1.86 bits per heavy atom. The Kier molecular flexibility index (Phi) is 6.33. The number of rotatable bonds is 7. The van der Waals surface area contributed by atoms with Crippen LogP contribution in [-0.2, 0) is 0 Å². The predicted octanol–water partition coefficient (Wildman–Crippen LogP) is 1.10. The molecule has 0 rings (SSSR count). The van der Waals surface area contributed by atoms with Crippen LogP contribution in [0, 0.1) is 5.41 Å². The highest BCUT2D eigenvalue weighted by Crippen LogP contribution is 2.18. The van der Waals surface area contributed by atoms with Crippen molar-refractivity contribution in [3.8, 4) is 0 Å². The molecule has 0 saturated carbocycles. The minimum Gasteiger partial charge on any atom is -0.396 e. The van der Waals surface area contributed by atoms with Gasteiger partial charge in [0.1, 0.15) is 0 Å². The Morgan fingerprint density at radius 1 is 1.14 bits per heavy atom. The zero-order chi connectivity index (χ0) is 11.2. The third-order valence-electron chi connectivity index (χ3n) is 2.96. The van der Waals surface area contributed by atoms with Crippen molar-refractivity contribution < 1.29 is 10.2 Å². The van der Waals surface area contributed by atoms with Crippen molar-refractivity contribution in [1.82, 2.24) is 4.90 Å². The summed E-state index contributed by atoms with van der Waals surface area (Å²) in [6.45, 7) is 7.06. The Hall–Kier alpha value is -0.120. The molecule has 0 aliphatic heterocycles. The maximum Gasteiger partial charge on any atom is 0.0519 e. The van der Waals surface area contributed by atoms with E-state index in [1.165, 1.54) is 0 Å². The zero-order valence-electron chi connectivity index (χ0n) is 9.95. The lowest BCUT2D eigenvalue weighted by Crippen LogP contribution is -2.43. The van der Waals surface area contributed by atoms with Gasteiger partial charge in [0, 0.05) is 18.0 Å². The van der Waals surface area contributed by atoms with Gasteiger partial charge in [0.05, 0.1) is 13.2 Å². The van der Waals surface area contributed by atoms with Gasteiger partial charge in [0.15, 0.2) is 0 Å². The summed E-state index contributed by atoms with van der Waals surface area (Å²) in [6, 6.07) is 0.549. The Morgan fingerprint density at radius 2 is 1.57 bits per heavy atom. The third kappa shape index (κ3) is 3.95. The van der Waals surface area contributed by atoms with Gasteiger partial charge in [-0.25, -0.2) is 0 Å². The fourth-order valence-electron chi connectivity index (χ4n) is 1.79. The third-order valence-corrected chi connectivity index (χ3v) is 2.96. The first kappa shape index (κ1) is 13.9. The van der Waals surface area contributed by atoms with Crippen molar-refractivity contribution in [3.05, 3.63) is 0 Å². The molecule has 0 saturated heterocycles. The number of aliphatic hydroxyl groups is 2. The van der Waals surface area contributed by atoms with Gasteiger partial charge in [-0.05, 0) is 19.9 Å². The van der Waals surface area contributed by atoms with E-state index in [1.54, 1.807) is 0 Å². The van der Waals surface area contributed by atoms with Crippen molar-refractivity contribution in [2.45, 2.75) is 39.7 Å². The lowest BCUT2D eigenvalue weighted by atomic mass is 9.91. The van der Waals surface area contributed by atoms with Crippen molar-refractivity contribution in [2.75, 3.05) is 26.8 Å². The second-order valence-corrected chi connectivity index (χ2v) is 4.51. The van der Waals surface area contributed by atoms with Crippen molar-refractivity contribution in [3.63, 3.8) is 0 Å². The van der Waals surface area contributed by atoms with Gasteiger partial charge < -0.3 is 15.1 Å². The fraction of sp³-hybridized carbons (Fsp3) is 1.00. The fourth-order valence-corrected chi connectivity index (χ4v) is 1.79. The van der Waals surface area contributed by atoms with Gasteiger partial charge in [0.25, 0.3) is 0 Å². The molecule has 0 amide bonds. The minimum absolute atomic E-state index is 0.0357. The molecular weight excluding hydrogens is 178 g/mol.